The number of rotatable bonds is 12. The first-order valence-electron chi connectivity index (χ1n) is 12.2. The van der Waals surface area contributed by atoms with Crippen LogP contribution in [-0.2, 0) is 26.2 Å². The van der Waals surface area contributed by atoms with Crippen LogP contribution in [0.2, 0.25) is 0 Å². The molecule has 3 aromatic carbocycles. The molecular weight excluding hydrogens is 509 g/mol. The SMILES string of the molecule is CCCNC(=O)C(C)N(Cc1ccc(F)cc1)C(=O)CN(c1ccc(Oc2ccccc2)cc1)S(C)(=O)=O. The predicted molar refractivity (Wildman–Crippen MR) is 145 cm³/mol. The van der Waals surface area contributed by atoms with Crippen molar-refractivity contribution in [3.05, 3.63) is 90.2 Å². The van der Waals surface area contributed by atoms with E-state index in [0.29, 0.717) is 23.6 Å². The van der Waals surface area contributed by atoms with Gasteiger partial charge in [-0.25, -0.2) is 12.8 Å². The van der Waals surface area contributed by atoms with Crippen LogP contribution in [-0.4, -0.2) is 50.5 Å². The fraction of sp³-hybridized carbons (Fsp3) is 0.286. The Balaban J connectivity index is 1.84. The highest BCUT2D eigenvalue weighted by molar-refractivity contribution is 7.92. The van der Waals surface area contributed by atoms with Gasteiger partial charge in [0, 0.05) is 13.1 Å². The molecule has 1 unspecified atom stereocenters. The summed E-state index contributed by atoms with van der Waals surface area (Å²) in [4.78, 5) is 27.5. The average molecular weight is 542 g/mol. The number of nitrogens with one attached hydrogen (secondary N) is 1. The highest BCUT2D eigenvalue weighted by Crippen LogP contribution is 2.26. The first kappa shape index (κ1) is 28.6. The minimum absolute atomic E-state index is 0.00127. The maximum atomic E-state index is 13.5. The summed E-state index contributed by atoms with van der Waals surface area (Å²) in [5.41, 5.74) is 0.870. The standard InChI is InChI=1S/C28H32FN3O5S/c1-4-18-30-28(34)21(2)31(19-22-10-12-23(29)13-11-22)27(33)20-32(38(3,35)36)24-14-16-26(17-15-24)37-25-8-6-5-7-9-25/h5-17,21H,4,18-20H2,1-3H3,(H,30,34). The number of hydrogen-bond donors (Lipinski definition) is 1. The van der Waals surface area contributed by atoms with Gasteiger partial charge < -0.3 is 15.0 Å². The molecule has 202 valence electrons. The third-order valence-electron chi connectivity index (χ3n) is 5.77. The Bertz CT molecular complexity index is 1320. The van der Waals surface area contributed by atoms with Crippen LogP contribution in [0.15, 0.2) is 78.9 Å². The smallest absolute Gasteiger partial charge is 0.244 e. The third kappa shape index (κ3) is 8.04. The van der Waals surface area contributed by atoms with E-state index in [1.165, 1.54) is 29.2 Å². The number of carbonyl (C=O) groups excluding carboxylic acids is 2. The van der Waals surface area contributed by atoms with E-state index in [9.17, 15) is 22.4 Å². The Labute approximate surface area is 223 Å². The Hall–Kier alpha value is -3.92. The highest BCUT2D eigenvalue weighted by atomic mass is 32.2. The van der Waals surface area contributed by atoms with Gasteiger partial charge in [0.2, 0.25) is 21.8 Å². The number of anilines is 1. The van der Waals surface area contributed by atoms with Gasteiger partial charge >= 0.3 is 0 Å². The van der Waals surface area contributed by atoms with Crippen LogP contribution in [0.25, 0.3) is 0 Å². The van der Waals surface area contributed by atoms with Crippen molar-refractivity contribution < 1.29 is 27.1 Å². The van der Waals surface area contributed by atoms with E-state index < -0.39 is 34.3 Å². The molecule has 38 heavy (non-hydrogen) atoms. The van der Waals surface area contributed by atoms with Crippen LogP contribution in [0.4, 0.5) is 10.1 Å². The summed E-state index contributed by atoms with van der Waals surface area (Å²) in [6.45, 7) is 3.40. The van der Waals surface area contributed by atoms with E-state index in [1.54, 1.807) is 43.3 Å². The number of sulfonamides is 1. The van der Waals surface area contributed by atoms with Gasteiger partial charge in [-0.3, -0.25) is 13.9 Å². The van der Waals surface area contributed by atoms with Crippen LogP contribution in [0.3, 0.4) is 0 Å². The lowest BCUT2D eigenvalue weighted by Crippen LogP contribution is -2.51. The summed E-state index contributed by atoms with van der Waals surface area (Å²) in [6, 6.07) is 20.1. The molecule has 3 aromatic rings. The molecule has 0 fully saturated rings. The maximum Gasteiger partial charge on any atom is 0.244 e. The zero-order chi connectivity index (χ0) is 27.7. The first-order valence-corrected chi connectivity index (χ1v) is 14.1. The van der Waals surface area contributed by atoms with Gasteiger partial charge in [0.25, 0.3) is 0 Å². The van der Waals surface area contributed by atoms with Crippen LogP contribution in [0, 0.1) is 5.82 Å². The van der Waals surface area contributed by atoms with Crippen LogP contribution >= 0.6 is 0 Å². The van der Waals surface area contributed by atoms with Crippen molar-refractivity contribution in [1.82, 2.24) is 10.2 Å². The second-order valence-corrected chi connectivity index (χ2v) is 10.7. The molecule has 0 aliphatic heterocycles. The molecule has 0 radical (unpaired) electrons. The van der Waals surface area contributed by atoms with Crippen LogP contribution in [0.1, 0.15) is 25.8 Å². The number of carbonyl (C=O) groups is 2. The van der Waals surface area contributed by atoms with E-state index in [1.807, 2.05) is 25.1 Å². The van der Waals surface area contributed by atoms with Gasteiger partial charge in [-0.15, -0.1) is 0 Å². The second kappa shape index (κ2) is 13.0. The lowest BCUT2D eigenvalue weighted by atomic mass is 10.1. The fourth-order valence-electron chi connectivity index (χ4n) is 3.68. The molecule has 1 atom stereocenters. The molecule has 0 aromatic heterocycles. The van der Waals surface area contributed by atoms with Gasteiger partial charge in [0.1, 0.15) is 29.9 Å². The monoisotopic (exact) mass is 541 g/mol. The Kier molecular flexibility index (Phi) is 9.84. The van der Waals surface area contributed by atoms with Crippen molar-refractivity contribution in [1.29, 1.82) is 0 Å². The zero-order valence-corrected chi connectivity index (χ0v) is 22.4. The molecule has 8 nitrogen and oxygen atoms in total. The topological polar surface area (TPSA) is 96.0 Å². The number of ether oxygens (including phenoxy) is 1. The second-order valence-electron chi connectivity index (χ2n) is 8.79. The Morgan fingerprint density at radius 2 is 1.55 bits per heavy atom. The van der Waals surface area contributed by atoms with E-state index in [-0.39, 0.29) is 18.1 Å². The molecule has 0 aliphatic rings. The third-order valence-corrected chi connectivity index (χ3v) is 6.91. The predicted octanol–water partition coefficient (Wildman–Crippen LogP) is 4.33. The van der Waals surface area contributed by atoms with Gasteiger partial charge in [-0.05, 0) is 67.4 Å². The summed E-state index contributed by atoms with van der Waals surface area (Å²) in [6.07, 6.45) is 1.73. The summed E-state index contributed by atoms with van der Waals surface area (Å²) in [5.74, 6) is -0.247. The van der Waals surface area contributed by atoms with Crippen molar-refractivity contribution in [2.75, 3.05) is 23.7 Å². The van der Waals surface area contributed by atoms with E-state index in [0.717, 1.165) is 17.0 Å². The highest BCUT2D eigenvalue weighted by Gasteiger charge is 2.30. The molecular formula is C28H32FN3O5S. The molecule has 0 heterocycles. The number of amides is 2. The number of nitrogens with zero attached hydrogens (tertiary/aromatic N) is 2. The van der Waals surface area contributed by atoms with E-state index in [2.05, 4.69) is 5.32 Å². The molecule has 0 spiro atoms. The van der Waals surface area contributed by atoms with Crippen molar-refractivity contribution in [2.24, 2.45) is 0 Å². The maximum absolute atomic E-state index is 13.5. The fourth-order valence-corrected chi connectivity index (χ4v) is 4.53. The first-order chi connectivity index (χ1) is 18.1. The van der Waals surface area contributed by atoms with Crippen molar-refractivity contribution >= 4 is 27.5 Å². The van der Waals surface area contributed by atoms with E-state index in [4.69, 9.17) is 4.74 Å². The lowest BCUT2D eigenvalue weighted by Gasteiger charge is -2.31. The number of halogens is 1. The lowest BCUT2D eigenvalue weighted by molar-refractivity contribution is -0.139. The molecule has 0 saturated heterocycles. The summed E-state index contributed by atoms with van der Waals surface area (Å²) < 4.78 is 45.6. The molecule has 0 saturated carbocycles. The van der Waals surface area contributed by atoms with Crippen molar-refractivity contribution in [3.8, 4) is 11.5 Å². The summed E-state index contributed by atoms with van der Waals surface area (Å²) in [5, 5.41) is 2.77. The largest absolute Gasteiger partial charge is 0.457 e. The van der Waals surface area contributed by atoms with Gasteiger partial charge in [-0.1, -0.05) is 37.3 Å². The Morgan fingerprint density at radius 1 is 0.947 bits per heavy atom. The van der Waals surface area contributed by atoms with Gasteiger partial charge in [0.15, 0.2) is 0 Å². The Morgan fingerprint density at radius 3 is 2.13 bits per heavy atom. The van der Waals surface area contributed by atoms with E-state index >= 15 is 0 Å². The summed E-state index contributed by atoms with van der Waals surface area (Å²) in [7, 11) is -3.86. The van der Waals surface area contributed by atoms with Crippen LogP contribution < -0.4 is 14.4 Å². The molecule has 3 rings (SSSR count). The quantitative estimate of drug-likeness (QED) is 0.368. The average Bonchev–Trinajstić information content (AvgIpc) is 2.90. The minimum Gasteiger partial charge on any atom is -0.457 e. The van der Waals surface area contributed by atoms with Gasteiger partial charge in [-0.2, -0.15) is 0 Å². The molecule has 1 N–H and O–H groups in total. The number of benzene rings is 3. The van der Waals surface area contributed by atoms with Crippen molar-refractivity contribution in [2.45, 2.75) is 32.9 Å². The molecule has 2 amide bonds. The normalized spacial score (nSPS) is 11.9. The zero-order valence-electron chi connectivity index (χ0n) is 21.6. The summed E-state index contributed by atoms with van der Waals surface area (Å²) >= 11 is 0. The minimum atomic E-state index is -3.86. The van der Waals surface area contributed by atoms with Crippen LogP contribution in [0.5, 0.6) is 11.5 Å². The van der Waals surface area contributed by atoms with Gasteiger partial charge in [0.05, 0.1) is 11.9 Å². The van der Waals surface area contributed by atoms with Crippen molar-refractivity contribution in [3.63, 3.8) is 0 Å². The molecule has 0 aliphatic carbocycles. The number of para-hydroxylation sites is 1. The number of hydrogen-bond acceptors (Lipinski definition) is 5. The molecule has 10 heteroatoms. The molecule has 0 bridgehead atoms.